The van der Waals surface area contributed by atoms with Crippen molar-refractivity contribution in [2.45, 2.75) is 31.1 Å². The third-order valence-corrected chi connectivity index (χ3v) is 4.93. The summed E-state index contributed by atoms with van der Waals surface area (Å²) in [5, 5.41) is 0. The fourth-order valence-electron chi connectivity index (χ4n) is 3.58. The molecule has 130 valence electrons. The fraction of sp³-hybridized carbons (Fsp3) is 0.556. The molecule has 0 aromatic heterocycles. The van der Waals surface area contributed by atoms with Gasteiger partial charge in [-0.15, -0.1) is 0 Å². The molecule has 3 rings (SSSR count). The molecule has 0 radical (unpaired) electrons. The Balaban J connectivity index is 1.69. The molecule has 2 aliphatic rings. The van der Waals surface area contributed by atoms with Gasteiger partial charge < -0.3 is 14.4 Å². The molecule has 6 heteroatoms. The van der Waals surface area contributed by atoms with E-state index in [4.69, 9.17) is 9.47 Å². The van der Waals surface area contributed by atoms with Gasteiger partial charge in [-0.25, -0.2) is 4.39 Å². The summed E-state index contributed by atoms with van der Waals surface area (Å²) in [6, 6.07) is 6.34. The SMILES string of the molecule is O=C(COC(=O)C1(c2ccccc2F)CCCC1)N1CCOCC1. The Morgan fingerprint density at radius 1 is 1.17 bits per heavy atom. The van der Waals surface area contributed by atoms with Crippen LogP contribution < -0.4 is 0 Å². The number of rotatable bonds is 4. The van der Waals surface area contributed by atoms with Gasteiger partial charge in [0.25, 0.3) is 5.91 Å². The first-order valence-electron chi connectivity index (χ1n) is 8.41. The molecule has 1 saturated carbocycles. The molecular weight excluding hydrogens is 313 g/mol. The second-order valence-electron chi connectivity index (χ2n) is 6.34. The van der Waals surface area contributed by atoms with Crippen molar-refractivity contribution in [1.29, 1.82) is 0 Å². The van der Waals surface area contributed by atoms with E-state index in [-0.39, 0.29) is 12.5 Å². The number of carbonyl (C=O) groups excluding carboxylic acids is 2. The molecule has 0 bridgehead atoms. The normalized spacial score (nSPS) is 20.0. The second kappa shape index (κ2) is 7.30. The van der Waals surface area contributed by atoms with Crippen molar-refractivity contribution in [3.05, 3.63) is 35.6 Å². The minimum Gasteiger partial charge on any atom is -0.455 e. The standard InChI is InChI=1S/C18H22FNO4/c19-15-6-2-1-5-14(15)18(7-3-4-8-18)17(22)24-13-16(21)20-9-11-23-12-10-20/h1-2,5-6H,3-4,7-13H2. The Hall–Kier alpha value is -1.95. The number of carbonyl (C=O) groups is 2. The average Bonchev–Trinajstić information content (AvgIpc) is 3.11. The maximum absolute atomic E-state index is 14.2. The van der Waals surface area contributed by atoms with E-state index in [2.05, 4.69) is 0 Å². The Kier molecular flexibility index (Phi) is 5.14. The van der Waals surface area contributed by atoms with Crippen molar-refractivity contribution < 1.29 is 23.5 Å². The number of nitrogens with zero attached hydrogens (tertiary/aromatic N) is 1. The van der Waals surface area contributed by atoms with Gasteiger partial charge in [-0.3, -0.25) is 9.59 Å². The van der Waals surface area contributed by atoms with Gasteiger partial charge in [0.15, 0.2) is 6.61 Å². The summed E-state index contributed by atoms with van der Waals surface area (Å²) in [7, 11) is 0. The van der Waals surface area contributed by atoms with E-state index in [1.807, 2.05) is 0 Å². The molecular formula is C18H22FNO4. The van der Waals surface area contributed by atoms with Gasteiger partial charge in [0.1, 0.15) is 5.82 Å². The highest BCUT2D eigenvalue weighted by Crippen LogP contribution is 2.43. The molecule has 24 heavy (non-hydrogen) atoms. The van der Waals surface area contributed by atoms with Crippen molar-refractivity contribution in [3.8, 4) is 0 Å². The maximum atomic E-state index is 14.2. The zero-order valence-electron chi connectivity index (χ0n) is 13.6. The van der Waals surface area contributed by atoms with E-state index in [9.17, 15) is 14.0 Å². The van der Waals surface area contributed by atoms with E-state index < -0.39 is 17.2 Å². The van der Waals surface area contributed by atoms with Crippen LogP contribution in [-0.4, -0.2) is 49.7 Å². The predicted molar refractivity (Wildman–Crippen MR) is 84.9 cm³/mol. The van der Waals surface area contributed by atoms with Crippen LogP contribution in [0.4, 0.5) is 4.39 Å². The summed E-state index contributed by atoms with van der Waals surface area (Å²) < 4.78 is 24.8. The van der Waals surface area contributed by atoms with Gasteiger partial charge in [0.05, 0.1) is 18.6 Å². The Bertz CT molecular complexity index is 607. The van der Waals surface area contributed by atoms with E-state index in [1.54, 1.807) is 23.1 Å². The second-order valence-corrected chi connectivity index (χ2v) is 6.34. The number of halogens is 1. The number of esters is 1. The zero-order valence-corrected chi connectivity index (χ0v) is 13.6. The van der Waals surface area contributed by atoms with E-state index in [0.717, 1.165) is 12.8 Å². The van der Waals surface area contributed by atoms with Crippen molar-refractivity contribution in [2.24, 2.45) is 0 Å². The first-order valence-corrected chi connectivity index (χ1v) is 8.41. The number of hydrogen-bond acceptors (Lipinski definition) is 4. The molecule has 0 unspecified atom stereocenters. The van der Waals surface area contributed by atoms with Crippen LogP contribution in [0.3, 0.4) is 0 Å². The number of ether oxygens (including phenoxy) is 2. The topological polar surface area (TPSA) is 55.8 Å². The van der Waals surface area contributed by atoms with Crippen molar-refractivity contribution in [3.63, 3.8) is 0 Å². The lowest BCUT2D eigenvalue weighted by atomic mass is 9.78. The predicted octanol–water partition coefficient (Wildman–Crippen LogP) is 2.04. The van der Waals surface area contributed by atoms with E-state index >= 15 is 0 Å². The molecule has 1 aromatic rings. The summed E-state index contributed by atoms with van der Waals surface area (Å²) in [4.78, 5) is 26.5. The molecule has 1 aromatic carbocycles. The molecule has 0 spiro atoms. The van der Waals surface area contributed by atoms with E-state index in [1.165, 1.54) is 6.07 Å². The fourth-order valence-corrected chi connectivity index (χ4v) is 3.58. The van der Waals surface area contributed by atoms with Crippen LogP contribution in [0.5, 0.6) is 0 Å². The van der Waals surface area contributed by atoms with Crippen molar-refractivity contribution >= 4 is 11.9 Å². The van der Waals surface area contributed by atoms with Crippen LogP contribution in [0.1, 0.15) is 31.2 Å². The largest absolute Gasteiger partial charge is 0.455 e. The van der Waals surface area contributed by atoms with Crippen molar-refractivity contribution in [2.75, 3.05) is 32.9 Å². The van der Waals surface area contributed by atoms with Crippen LogP contribution >= 0.6 is 0 Å². The van der Waals surface area contributed by atoms with Crippen LogP contribution in [0, 0.1) is 5.82 Å². The minimum absolute atomic E-state index is 0.228. The molecule has 0 atom stereocenters. The lowest BCUT2D eigenvalue weighted by Gasteiger charge is -2.29. The third-order valence-electron chi connectivity index (χ3n) is 4.93. The molecule has 1 saturated heterocycles. The van der Waals surface area contributed by atoms with Gasteiger partial charge in [0, 0.05) is 18.7 Å². The highest BCUT2D eigenvalue weighted by atomic mass is 19.1. The van der Waals surface area contributed by atoms with Crippen LogP contribution in [0.2, 0.25) is 0 Å². The Labute approximate surface area is 140 Å². The molecule has 1 heterocycles. The lowest BCUT2D eigenvalue weighted by Crippen LogP contribution is -2.44. The number of amides is 1. The van der Waals surface area contributed by atoms with E-state index in [0.29, 0.717) is 44.7 Å². The lowest BCUT2D eigenvalue weighted by molar-refractivity contribution is -0.158. The Morgan fingerprint density at radius 3 is 2.50 bits per heavy atom. The van der Waals surface area contributed by atoms with Gasteiger partial charge >= 0.3 is 5.97 Å². The number of benzene rings is 1. The molecule has 1 amide bonds. The molecule has 0 N–H and O–H groups in total. The molecule has 2 fully saturated rings. The highest BCUT2D eigenvalue weighted by molar-refractivity contribution is 5.86. The monoisotopic (exact) mass is 335 g/mol. The summed E-state index contributed by atoms with van der Waals surface area (Å²) >= 11 is 0. The quantitative estimate of drug-likeness (QED) is 0.790. The summed E-state index contributed by atoms with van der Waals surface area (Å²) in [5.41, 5.74) is -0.581. The molecule has 5 nitrogen and oxygen atoms in total. The van der Waals surface area contributed by atoms with Crippen LogP contribution in [-0.2, 0) is 24.5 Å². The van der Waals surface area contributed by atoms with Crippen LogP contribution in [0.15, 0.2) is 24.3 Å². The third kappa shape index (κ3) is 3.29. The average molecular weight is 335 g/mol. The molecule has 1 aliphatic heterocycles. The highest BCUT2D eigenvalue weighted by Gasteiger charge is 2.46. The summed E-state index contributed by atoms with van der Waals surface area (Å²) in [6.45, 7) is 1.72. The van der Waals surface area contributed by atoms with Crippen LogP contribution in [0.25, 0.3) is 0 Å². The first kappa shape index (κ1) is 16.9. The summed E-state index contributed by atoms with van der Waals surface area (Å²) in [6.07, 6.45) is 2.80. The zero-order chi connectivity index (χ0) is 17.0. The van der Waals surface area contributed by atoms with Gasteiger partial charge in [0.2, 0.25) is 0 Å². The smallest absolute Gasteiger partial charge is 0.317 e. The van der Waals surface area contributed by atoms with Gasteiger partial charge in [-0.1, -0.05) is 31.0 Å². The number of hydrogen-bond donors (Lipinski definition) is 0. The minimum atomic E-state index is -0.962. The van der Waals surface area contributed by atoms with Crippen molar-refractivity contribution in [1.82, 2.24) is 4.90 Å². The number of morpholine rings is 1. The summed E-state index contributed by atoms with van der Waals surface area (Å²) in [5.74, 6) is -1.11. The first-order chi connectivity index (χ1) is 11.6. The van der Waals surface area contributed by atoms with Gasteiger partial charge in [-0.05, 0) is 18.9 Å². The van der Waals surface area contributed by atoms with Gasteiger partial charge in [-0.2, -0.15) is 0 Å². The molecule has 1 aliphatic carbocycles. The Morgan fingerprint density at radius 2 is 1.83 bits per heavy atom. The maximum Gasteiger partial charge on any atom is 0.317 e.